The zero-order valence-electron chi connectivity index (χ0n) is 16.9. The minimum atomic E-state index is -3.71. The summed E-state index contributed by atoms with van der Waals surface area (Å²) in [6, 6.07) is 6.38. The summed E-state index contributed by atoms with van der Waals surface area (Å²) < 4.78 is 38.2. The number of rotatable bonds is 7. The Bertz CT molecular complexity index is 976. The first-order valence-corrected chi connectivity index (χ1v) is 12.0. The molecule has 4 rings (SSSR count). The molecule has 0 radical (unpaired) electrons. The Kier molecular flexibility index (Phi) is 6.38. The van der Waals surface area contributed by atoms with Crippen LogP contribution in [-0.4, -0.2) is 42.8 Å². The lowest BCUT2D eigenvalue weighted by Crippen LogP contribution is -2.35. The average Bonchev–Trinajstić information content (AvgIpc) is 3.46. The molecule has 162 valence electrons. The second-order valence-corrected chi connectivity index (χ2v) is 9.63. The standard InChI is InChI=1S/C21H27N3O5S/c25-20(18-10-11-19(29-18)30(26,27)24-13-4-1-5-14-24)23-15-16-7-6-12-22-21(16)28-17-8-2-3-9-17/h6-7,10-12,17H,1-5,8-9,13-15H2,(H,23,25). The Labute approximate surface area is 176 Å². The molecule has 1 saturated heterocycles. The number of aromatic nitrogens is 1. The number of piperidine rings is 1. The van der Waals surface area contributed by atoms with Gasteiger partial charge in [0.25, 0.3) is 15.9 Å². The van der Waals surface area contributed by atoms with Crippen molar-refractivity contribution in [3.05, 3.63) is 41.8 Å². The molecule has 0 atom stereocenters. The highest BCUT2D eigenvalue weighted by Crippen LogP contribution is 2.25. The summed E-state index contributed by atoms with van der Waals surface area (Å²) in [5.41, 5.74) is 0.769. The van der Waals surface area contributed by atoms with Crippen LogP contribution < -0.4 is 10.1 Å². The Morgan fingerprint density at radius 3 is 2.67 bits per heavy atom. The van der Waals surface area contributed by atoms with Gasteiger partial charge in [-0.1, -0.05) is 12.5 Å². The topological polar surface area (TPSA) is 102 Å². The molecule has 9 heteroatoms. The maximum absolute atomic E-state index is 12.7. The highest BCUT2D eigenvalue weighted by atomic mass is 32.2. The van der Waals surface area contributed by atoms with Crippen LogP contribution in [0.5, 0.6) is 5.88 Å². The summed E-state index contributed by atoms with van der Waals surface area (Å²) in [5, 5.41) is 2.57. The SMILES string of the molecule is O=C(NCc1cccnc1OC1CCCC1)c1ccc(S(=O)(=O)N2CCCCC2)o1. The van der Waals surface area contributed by atoms with Gasteiger partial charge in [-0.25, -0.2) is 13.4 Å². The van der Waals surface area contributed by atoms with Crippen LogP contribution >= 0.6 is 0 Å². The molecule has 0 unspecified atom stereocenters. The maximum atomic E-state index is 12.7. The van der Waals surface area contributed by atoms with E-state index in [2.05, 4.69) is 10.3 Å². The second kappa shape index (κ2) is 9.18. The van der Waals surface area contributed by atoms with Crippen LogP contribution in [0.25, 0.3) is 0 Å². The van der Waals surface area contributed by atoms with Crippen LogP contribution in [0, 0.1) is 0 Å². The first-order valence-electron chi connectivity index (χ1n) is 10.5. The van der Waals surface area contributed by atoms with Gasteiger partial charge in [-0.05, 0) is 56.7 Å². The van der Waals surface area contributed by atoms with Crippen molar-refractivity contribution in [1.29, 1.82) is 0 Å². The molecule has 1 aliphatic carbocycles. The molecule has 2 aliphatic rings. The van der Waals surface area contributed by atoms with Gasteiger partial charge in [0.15, 0.2) is 5.76 Å². The fraction of sp³-hybridized carbons (Fsp3) is 0.524. The minimum Gasteiger partial charge on any atom is -0.474 e. The summed E-state index contributed by atoms with van der Waals surface area (Å²) in [7, 11) is -3.71. The van der Waals surface area contributed by atoms with Crippen LogP contribution in [0.4, 0.5) is 0 Å². The summed E-state index contributed by atoms with van der Waals surface area (Å²) in [6.45, 7) is 1.17. The van der Waals surface area contributed by atoms with Crippen molar-refractivity contribution in [2.75, 3.05) is 13.1 Å². The molecule has 3 heterocycles. The van der Waals surface area contributed by atoms with Crippen molar-refractivity contribution in [2.45, 2.75) is 62.7 Å². The number of carbonyl (C=O) groups excluding carboxylic acids is 1. The van der Waals surface area contributed by atoms with E-state index in [1.165, 1.54) is 16.4 Å². The second-order valence-electron chi connectivity index (χ2n) is 7.76. The maximum Gasteiger partial charge on any atom is 0.287 e. The first kappa shape index (κ1) is 20.9. The molecule has 0 bridgehead atoms. The number of nitrogens with one attached hydrogen (secondary N) is 1. The van der Waals surface area contributed by atoms with E-state index in [1.807, 2.05) is 6.07 Å². The van der Waals surface area contributed by atoms with Gasteiger partial charge < -0.3 is 14.5 Å². The average molecular weight is 434 g/mol. The molecular weight excluding hydrogens is 406 g/mol. The van der Waals surface area contributed by atoms with E-state index in [1.54, 1.807) is 12.3 Å². The van der Waals surface area contributed by atoms with Gasteiger partial charge in [0.2, 0.25) is 11.0 Å². The number of hydrogen-bond acceptors (Lipinski definition) is 6. The van der Waals surface area contributed by atoms with Crippen LogP contribution in [0.1, 0.15) is 61.1 Å². The number of amides is 1. The van der Waals surface area contributed by atoms with Crippen molar-refractivity contribution >= 4 is 15.9 Å². The number of sulfonamides is 1. The number of ether oxygens (including phenoxy) is 1. The Balaban J connectivity index is 1.39. The number of pyridine rings is 1. The highest BCUT2D eigenvalue weighted by molar-refractivity contribution is 7.89. The van der Waals surface area contributed by atoms with Crippen molar-refractivity contribution in [3.8, 4) is 5.88 Å². The molecule has 1 aliphatic heterocycles. The van der Waals surface area contributed by atoms with Crippen molar-refractivity contribution in [2.24, 2.45) is 0 Å². The summed E-state index contributed by atoms with van der Waals surface area (Å²) in [5.74, 6) is 0.0102. The quantitative estimate of drug-likeness (QED) is 0.720. The van der Waals surface area contributed by atoms with Crippen molar-refractivity contribution in [3.63, 3.8) is 0 Å². The lowest BCUT2D eigenvalue weighted by atomic mass is 10.2. The van der Waals surface area contributed by atoms with E-state index in [0.717, 1.165) is 50.5 Å². The molecule has 2 aromatic rings. The smallest absolute Gasteiger partial charge is 0.287 e. The fourth-order valence-corrected chi connectivity index (χ4v) is 5.33. The van der Waals surface area contributed by atoms with Gasteiger partial charge >= 0.3 is 0 Å². The van der Waals surface area contributed by atoms with Gasteiger partial charge in [0.1, 0.15) is 6.10 Å². The molecule has 2 aromatic heterocycles. The van der Waals surface area contributed by atoms with E-state index in [9.17, 15) is 13.2 Å². The third-order valence-electron chi connectivity index (χ3n) is 5.58. The van der Waals surface area contributed by atoms with Gasteiger partial charge in [-0.15, -0.1) is 0 Å². The van der Waals surface area contributed by atoms with Crippen LogP contribution in [0.2, 0.25) is 0 Å². The zero-order chi connectivity index (χ0) is 21.0. The third-order valence-corrected chi connectivity index (χ3v) is 7.36. The Morgan fingerprint density at radius 1 is 1.13 bits per heavy atom. The van der Waals surface area contributed by atoms with Gasteiger partial charge in [0, 0.05) is 31.4 Å². The van der Waals surface area contributed by atoms with E-state index >= 15 is 0 Å². The molecule has 2 fully saturated rings. The van der Waals surface area contributed by atoms with E-state index in [0.29, 0.717) is 19.0 Å². The van der Waals surface area contributed by atoms with Gasteiger partial charge in [0.05, 0.1) is 0 Å². The van der Waals surface area contributed by atoms with E-state index in [-0.39, 0.29) is 23.5 Å². The van der Waals surface area contributed by atoms with Crippen molar-refractivity contribution < 1.29 is 22.4 Å². The normalized spacial score (nSPS) is 18.4. The number of hydrogen-bond donors (Lipinski definition) is 1. The predicted octanol–water partition coefficient (Wildman–Crippen LogP) is 3.10. The van der Waals surface area contributed by atoms with Gasteiger partial charge in [-0.2, -0.15) is 4.31 Å². The minimum absolute atomic E-state index is 0.0345. The van der Waals surface area contributed by atoms with Crippen LogP contribution in [0.3, 0.4) is 0 Å². The number of furan rings is 1. The molecule has 30 heavy (non-hydrogen) atoms. The molecular formula is C21H27N3O5S. The van der Waals surface area contributed by atoms with Crippen LogP contribution in [0.15, 0.2) is 40.0 Å². The van der Waals surface area contributed by atoms with Crippen LogP contribution in [-0.2, 0) is 16.6 Å². The molecule has 8 nitrogen and oxygen atoms in total. The largest absolute Gasteiger partial charge is 0.474 e. The molecule has 1 saturated carbocycles. The highest BCUT2D eigenvalue weighted by Gasteiger charge is 2.29. The van der Waals surface area contributed by atoms with E-state index in [4.69, 9.17) is 9.15 Å². The van der Waals surface area contributed by atoms with Crippen molar-refractivity contribution in [1.82, 2.24) is 14.6 Å². The molecule has 1 N–H and O–H groups in total. The zero-order valence-corrected chi connectivity index (χ0v) is 17.7. The Hall–Kier alpha value is -2.39. The fourth-order valence-electron chi connectivity index (χ4n) is 3.90. The molecule has 0 aromatic carbocycles. The predicted molar refractivity (Wildman–Crippen MR) is 110 cm³/mol. The lowest BCUT2D eigenvalue weighted by molar-refractivity contribution is 0.0917. The monoisotopic (exact) mass is 433 g/mol. The summed E-state index contributed by atoms with van der Waals surface area (Å²) in [4.78, 5) is 16.8. The molecule has 0 spiro atoms. The molecule has 1 amide bonds. The Morgan fingerprint density at radius 2 is 1.90 bits per heavy atom. The summed E-state index contributed by atoms with van der Waals surface area (Å²) in [6.07, 6.45) is 8.88. The third kappa shape index (κ3) is 4.67. The van der Waals surface area contributed by atoms with E-state index < -0.39 is 15.9 Å². The van der Waals surface area contributed by atoms with Gasteiger partial charge in [-0.3, -0.25) is 4.79 Å². The summed E-state index contributed by atoms with van der Waals surface area (Å²) >= 11 is 0. The number of nitrogens with zero attached hydrogens (tertiary/aromatic N) is 2. The first-order chi connectivity index (χ1) is 14.5. The number of carbonyl (C=O) groups is 1. The lowest BCUT2D eigenvalue weighted by Gasteiger charge is -2.24.